The predicted molar refractivity (Wildman–Crippen MR) is 71.1 cm³/mol. The standard InChI is InChI=1S/C14H12F5NO4/c1-20(2)5-7(13(22)23-3)11(21)6-4-8(15)10(17)12(9(6)16)24-14(18)19/h4-5,14H,1-3H3. The summed E-state index contributed by atoms with van der Waals surface area (Å²) >= 11 is 0. The number of halogens is 5. The lowest BCUT2D eigenvalue weighted by molar-refractivity contribution is -0.135. The summed E-state index contributed by atoms with van der Waals surface area (Å²) in [6, 6.07) is 0.137. The van der Waals surface area contributed by atoms with Crippen LogP contribution in [0.4, 0.5) is 22.0 Å². The smallest absolute Gasteiger partial charge is 0.387 e. The maximum Gasteiger partial charge on any atom is 0.387 e. The molecule has 0 bridgehead atoms. The molecule has 5 nitrogen and oxygen atoms in total. The molecule has 0 spiro atoms. The molecular formula is C14H12F5NO4. The van der Waals surface area contributed by atoms with Gasteiger partial charge < -0.3 is 14.4 Å². The lowest BCUT2D eigenvalue weighted by Crippen LogP contribution is -2.20. The van der Waals surface area contributed by atoms with Gasteiger partial charge in [0.15, 0.2) is 11.6 Å². The van der Waals surface area contributed by atoms with Crippen LogP contribution in [-0.4, -0.2) is 44.5 Å². The third kappa shape index (κ3) is 4.21. The van der Waals surface area contributed by atoms with Gasteiger partial charge >= 0.3 is 12.6 Å². The first-order valence-electron chi connectivity index (χ1n) is 6.23. The average Bonchev–Trinajstić information content (AvgIpc) is 2.50. The summed E-state index contributed by atoms with van der Waals surface area (Å²) < 4.78 is 73.3. The lowest BCUT2D eigenvalue weighted by atomic mass is 10.0. The van der Waals surface area contributed by atoms with Crippen LogP contribution in [0.15, 0.2) is 17.8 Å². The molecule has 0 heterocycles. The summed E-state index contributed by atoms with van der Waals surface area (Å²) in [4.78, 5) is 25.1. The Hall–Kier alpha value is -2.65. The molecule has 0 unspecified atom stereocenters. The molecule has 0 aromatic heterocycles. The van der Waals surface area contributed by atoms with Crippen molar-refractivity contribution in [2.24, 2.45) is 0 Å². The van der Waals surface area contributed by atoms with E-state index in [4.69, 9.17) is 0 Å². The van der Waals surface area contributed by atoms with Crippen molar-refractivity contribution in [3.63, 3.8) is 0 Å². The number of hydrogen-bond donors (Lipinski definition) is 0. The molecule has 0 saturated heterocycles. The fraction of sp³-hybridized carbons (Fsp3) is 0.286. The molecule has 1 aromatic carbocycles. The van der Waals surface area contributed by atoms with Gasteiger partial charge in [0.05, 0.1) is 12.7 Å². The molecule has 0 aliphatic carbocycles. The number of benzene rings is 1. The monoisotopic (exact) mass is 353 g/mol. The summed E-state index contributed by atoms with van der Waals surface area (Å²) in [7, 11) is 3.78. The van der Waals surface area contributed by atoms with Crippen molar-refractivity contribution in [2.75, 3.05) is 21.2 Å². The number of rotatable bonds is 6. The Morgan fingerprint density at radius 1 is 1.17 bits per heavy atom. The molecule has 1 aromatic rings. The molecule has 0 fully saturated rings. The van der Waals surface area contributed by atoms with Gasteiger partial charge in [0.2, 0.25) is 17.3 Å². The van der Waals surface area contributed by atoms with E-state index in [0.717, 1.165) is 13.3 Å². The molecule has 0 aliphatic heterocycles. The van der Waals surface area contributed by atoms with Gasteiger partial charge in [-0.25, -0.2) is 13.6 Å². The van der Waals surface area contributed by atoms with Gasteiger partial charge in [-0.15, -0.1) is 0 Å². The molecule has 0 N–H and O–H groups in total. The normalized spacial score (nSPS) is 11.5. The van der Waals surface area contributed by atoms with Gasteiger partial charge in [-0.1, -0.05) is 0 Å². The van der Waals surface area contributed by atoms with E-state index >= 15 is 0 Å². The van der Waals surface area contributed by atoms with E-state index in [9.17, 15) is 31.5 Å². The zero-order valence-corrected chi connectivity index (χ0v) is 12.7. The summed E-state index contributed by atoms with van der Waals surface area (Å²) in [5, 5.41) is 0. The maximum absolute atomic E-state index is 14.1. The molecule has 0 saturated carbocycles. The van der Waals surface area contributed by atoms with E-state index in [2.05, 4.69) is 9.47 Å². The van der Waals surface area contributed by atoms with Crippen molar-refractivity contribution in [2.45, 2.75) is 6.61 Å². The second-order valence-electron chi connectivity index (χ2n) is 4.57. The molecule has 0 radical (unpaired) electrons. The first-order valence-corrected chi connectivity index (χ1v) is 6.23. The van der Waals surface area contributed by atoms with Crippen molar-refractivity contribution in [1.29, 1.82) is 0 Å². The predicted octanol–water partition coefficient (Wildman–Crippen LogP) is 2.51. The van der Waals surface area contributed by atoms with E-state index in [1.54, 1.807) is 0 Å². The van der Waals surface area contributed by atoms with E-state index in [1.165, 1.54) is 19.0 Å². The molecule has 132 valence electrons. The Morgan fingerprint density at radius 3 is 2.21 bits per heavy atom. The lowest BCUT2D eigenvalue weighted by Gasteiger charge is -2.13. The highest BCUT2D eigenvalue weighted by molar-refractivity contribution is 6.24. The second kappa shape index (κ2) is 7.75. The SMILES string of the molecule is COC(=O)C(=CN(C)C)C(=O)c1cc(F)c(F)c(OC(F)F)c1F. The summed E-state index contributed by atoms with van der Waals surface area (Å²) in [6.07, 6.45) is 0.947. The van der Waals surface area contributed by atoms with Gasteiger partial charge in [0, 0.05) is 20.3 Å². The maximum atomic E-state index is 14.1. The minimum absolute atomic E-state index is 0.137. The zero-order valence-electron chi connectivity index (χ0n) is 12.7. The van der Waals surface area contributed by atoms with Gasteiger partial charge in [0.1, 0.15) is 5.57 Å². The minimum Gasteiger partial charge on any atom is -0.465 e. The third-order valence-electron chi connectivity index (χ3n) is 2.60. The van der Waals surface area contributed by atoms with Crippen LogP contribution in [0, 0.1) is 17.5 Å². The van der Waals surface area contributed by atoms with E-state index < -0.39 is 52.7 Å². The Morgan fingerprint density at radius 2 is 1.75 bits per heavy atom. The number of esters is 1. The van der Waals surface area contributed by atoms with Crippen molar-refractivity contribution in [3.05, 3.63) is 40.9 Å². The van der Waals surface area contributed by atoms with Crippen LogP contribution in [0.3, 0.4) is 0 Å². The molecule has 0 aliphatic rings. The van der Waals surface area contributed by atoms with E-state index in [-0.39, 0.29) is 6.07 Å². The molecule has 0 amide bonds. The third-order valence-corrected chi connectivity index (χ3v) is 2.60. The van der Waals surface area contributed by atoms with Crippen LogP contribution in [-0.2, 0) is 9.53 Å². The number of ether oxygens (including phenoxy) is 2. The van der Waals surface area contributed by atoms with Crippen molar-refractivity contribution >= 4 is 11.8 Å². The number of carbonyl (C=O) groups excluding carboxylic acids is 2. The Kier molecular flexibility index (Phi) is 6.27. The Bertz CT molecular complexity index is 688. The van der Waals surface area contributed by atoms with Crippen molar-refractivity contribution in [1.82, 2.24) is 4.90 Å². The van der Waals surface area contributed by atoms with Crippen molar-refractivity contribution < 1.29 is 41.0 Å². The number of nitrogens with zero attached hydrogens (tertiary/aromatic N) is 1. The zero-order chi connectivity index (χ0) is 18.6. The van der Waals surface area contributed by atoms with Crippen LogP contribution in [0.1, 0.15) is 10.4 Å². The van der Waals surface area contributed by atoms with Gasteiger partial charge in [-0.2, -0.15) is 13.2 Å². The highest BCUT2D eigenvalue weighted by Gasteiger charge is 2.30. The fourth-order valence-corrected chi connectivity index (χ4v) is 1.66. The number of hydrogen-bond acceptors (Lipinski definition) is 5. The Balaban J connectivity index is 3.52. The van der Waals surface area contributed by atoms with Crippen LogP contribution in [0.2, 0.25) is 0 Å². The highest BCUT2D eigenvalue weighted by atomic mass is 19.3. The van der Waals surface area contributed by atoms with Crippen molar-refractivity contribution in [3.8, 4) is 5.75 Å². The van der Waals surface area contributed by atoms with Gasteiger partial charge in [-0.05, 0) is 6.07 Å². The molecule has 0 atom stereocenters. The largest absolute Gasteiger partial charge is 0.465 e. The second-order valence-corrected chi connectivity index (χ2v) is 4.57. The molecule has 24 heavy (non-hydrogen) atoms. The van der Waals surface area contributed by atoms with Gasteiger partial charge in [-0.3, -0.25) is 4.79 Å². The first kappa shape index (κ1) is 19.4. The average molecular weight is 353 g/mol. The van der Waals surface area contributed by atoms with Crippen LogP contribution < -0.4 is 4.74 Å². The fourth-order valence-electron chi connectivity index (χ4n) is 1.66. The summed E-state index contributed by atoms with van der Waals surface area (Å²) in [5.74, 6) is -10.0. The van der Waals surface area contributed by atoms with E-state index in [1.807, 2.05) is 0 Å². The molecular weight excluding hydrogens is 341 g/mol. The minimum atomic E-state index is -3.66. The highest BCUT2D eigenvalue weighted by Crippen LogP contribution is 2.30. The number of Topliss-reactive ketones (excluding diaryl/α,β-unsaturated/α-hetero) is 1. The molecule has 1 rings (SSSR count). The number of carbonyl (C=O) groups is 2. The van der Waals surface area contributed by atoms with Crippen LogP contribution >= 0.6 is 0 Å². The quantitative estimate of drug-likeness (QED) is 0.150. The topological polar surface area (TPSA) is 55.8 Å². The number of ketones is 1. The number of methoxy groups -OCH3 is 1. The summed E-state index contributed by atoms with van der Waals surface area (Å²) in [5.41, 5.74) is -1.89. The Labute approximate surface area is 133 Å². The first-order chi connectivity index (χ1) is 11.1. The van der Waals surface area contributed by atoms with Gasteiger partial charge in [0.25, 0.3) is 0 Å². The molecule has 10 heteroatoms. The van der Waals surface area contributed by atoms with Crippen LogP contribution in [0.5, 0.6) is 5.75 Å². The van der Waals surface area contributed by atoms with E-state index in [0.29, 0.717) is 0 Å². The number of alkyl halides is 2. The van der Waals surface area contributed by atoms with Crippen LogP contribution in [0.25, 0.3) is 0 Å². The summed E-state index contributed by atoms with van der Waals surface area (Å²) in [6.45, 7) is -3.66.